The van der Waals surface area contributed by atoms with Crippen LogP contribution in [0, 0.1) is 0 Å². The van der Waals surface area contributed by atoms with Crippen LogP contribution in [0.25, 0.3) is 0 Å². The maximum absolute atomic E-state index is 12.7. The van der Waals surface area contributed by atoms with Crippen LogP contribution in [-0.2, 0) is 10.0 Å². The largest absolute Gasteiger partial charge is 0.339 e. The van der Waals surface area contributed by atoms with E-state index >= 15 is 0 Å². The van der Waals surface area contributed by atoms with Gasteiger partial charge in [0.15, 0.2) is 0 Å². The number of nitrogens with two attached hydrogens (primary N) is 1. The molecule has 1 aliphatic rings. The fourth-order valence-corrected chi connectivity index (χ4v) is 3.26. The predicted octanol–water partition coefficient (Wildman–Crippen LogP) is 0.476. The highest BCUT2D eigenvalue weighted by Gasteiger charge is 2.21. The van der Waals surface area contributed by atoms with Crippen LogP contribution in [0.3, 0.4) is 0 Å². The smallest absolute Gasteiger partial charge is 0.253 e. The second kappa shape index (κ2) is 7.16. The summed E-state index contributed by atoms with van der Waals surface area (Å²) >= 11 is 0. The molecule has 1 amide bonds. The summed E-state index contributed by atoms with van der Waals surface area (Å²) in [6.07, 6.45) is 4.20. The first-order valence-electron chi connectivity index (χ1n) is 7.89. The SMILES string of the molecule is NS(=O)(=O)c1ccc(C(=O)N2CCCN(c3ncccn3)CC2)cc1. The quantitative estimate of drug-likeness (QED) is 0.851. The number of anilines is 1. The molecule has 1 aromatic heterocycles. The normalized spacial score (nSPS) is 15.7. The Bertz CT molecular complexity index is 840. The Morgan fingerprint density at radius 1 is 1.00 bits per heavy atom. The number of sulfonamides is 1. The van der Waals surface area contributed by atoms with E-state index in [0.717, 1.165) is 13.0 Å². The van der Waals surface area contributed by atoms with Crippen molar-refractivity contribution in [1.82, 2.24) is 14.9 Å². The molecule has 0 spiro atoms. The van der Waals surface area contributed by atoms with E-state index in [-0.39, 0.29) is 10.8 Å². The zero-order valence-corrected chi connectivity index (χ0v) is 14.4. The minimum Gasteiger partial charge on any atom is -0.339 e. The Morgan fingerprint density at radius 2 is 1.68 bits per heavy atom. The van der Waals surface area contributed by atoms with E-state index in [1.54, 1.807) is 23.4 Å². The Morgan fingerprint density at radius 3 is 2.32 bits per heavy atom. The van der Waals surface area contributed by atoms with Crippen LogP contribution in [0.1, 0.15) is 16.8 Å². The molecule has 0 saturated carbocycles. The third-order valence-electron chi connectivity index (χ3n) is 4.05. The van der Waals surface area contributed by atoms with Gasteiger partial charge >= 0.3 is 0 Å². The van der Waals surface area contributed by atoms with Gasteiger partial charge in [0.05, 0.1) is 4.90 Å². The molecule has 1 aromatic carbocycles. The second-order valence-corrected chi connectivity index (χ2v) is 7.31. The minimum atomic E-state index is -3.76. The lowest BCUT2D eigenvalue weighted by Crippen LogP contribution is -2.35. The van der Waals surface area contributed by atoms with Gasteiger partial charge in [0, 0.05) is 44.1 Å². The lowest BCUT2D eigenvalue weighted by atomic mass is 10.2. The summed E-state index contributed by atoms with van der Waals surface area (Å²) in [5, 5.41) is 5.08. The Balaban J connectivity index is 1.69. The van der Waals surface area contributed by atoms with E-state index in [4.69, 9.17) is 5.14 Å². The zero-order valence-electron chi connectivity index (χ0n) is 13.6. The molecule has 3 rings (SSSR count). The monoisotopic (exact) mass is 361 g/mol. The molecule has 0 aliphatic carbocycles. The number of primary sulfonamides is 1. The minimum absolute atomic E-state index is 0.00711. The highest BCUT2D eigenvalue weighted by molar-refractivity contribution is 7.89. The highest BCUT2D eigenvalue weighted by Crippen LogP contribution is 2.14. The molecule has 0 unspecified atom stereocenters. The number of carbonyl (C=O) groups excluding carboxylic acids is 1. The zero-order chi connectivity index (χ0) is 17.9. The van der Waals surface area contributed by atoms with E-state index < -0.39 is 10.0 Å². The number of aromatic nitrogens is 2. The third kappa shape index (κ3) is 4.12. The topological polar surface area (TPSA) is 109 Å². The van der Waals surface area contributed by atoms with Gasteiger partial charge in [-0.2, -0.15) is 0 Å². The van der Waals surface area contributed by atoms with E-state index in [9.17, 15) is 13.2 Å². The first kappa shape index (κ1) is 17.3. The van der Waals surface area contributed by atoms with Gasteiger partial charge in [-0.25, -0.2) is 23.5 Å². The maximum Gasteiger partial charge on any atom is 0.253 e. The fraction of sp³-hybridized carbons (Fsp3) is 0.312. The molecule has 2 heterocycles. The number of amides is 1. The van der Waals surface area contributed by atoms with Crippen molar-refractivity contribution in [1.29, 1.82) is 0 Å². The van der Waals surface area contributed by atoms with Crippen molar-refractivity contribution < 1.29 is 13.2 Å². The van der Waals surface area contributed by atoms with Crippen molar-refractivity contribution in [2.75, 3.05) is 31.1 Å². The van der Waals surface area contributed by atoms with Gasteiger partial charge in [0.25, 0.3) is 5.91 Å². The summed E-state index contributed by atoms with van der Waals surface area (Å²) in [7, 11) is -3.76. The molecule has 1 fully saturated rings. The summed E-state index contributed by atoms with van der Waals surface area (Å²) in [5.41, 5.74) is 0.441. The number of nitrogens with zero attached hydrogens (tertiary/aromatic N) is 4. The van der Waals surface area contributed by atoms with Crippen LogP contribution in [0.4, 0.5) is 5.95 Å². The molecule has 1 saturated heterocycles. The molecule has 1 aliphatic heterocycles. The molecule has 0 atom stereocenters. The first-order valence-corrected chi connectivity index (χ1v) is 9.44. The first-order chi connectivity index (χ1) is 11.9. The fourth-order valence-electron chi connectivity index (χ4n) is 2.74. The Hall–Kier alpha value is -2.52. The van der Waals surface area contributed by atoms with Gasteiger partial charge in [-0.15, -0.1) is 0 Å². The van der Waals surface area contributed by atoms with Crippen molar-refractivity contribution in [3.63, 3.8) is 0 Å². The summed E-state index contributed by atoms with van der Waals surface area (Å²) in [5.74, 6) is 0.533. The van der Waals surface area contributed by atoms with E-state index in [1.807, 2.05) is 0 Å². The number of carbonyl (C=O) groups is 1. The van der Waals surface area contributed by atoms with Crippen LogP contribution >= 0.6 is 0 Å². The van der Waals surface area contributed by atoms with Crippen molar-refractivity contribution in [3.05, 3.63) is 48.3 Å². The second-order valence-electron chi connectivity index (χ2n) is 5.75. The van der Waals surface area contributed by atoms with Gasteiger partial charge in [-0.1, -0.05) is 0 Å². The average Bonchev–Trinajstić information content (AvgIpc) is 2.87. The van der Waals surface area contributed by atoms with Gasteiger partial charge in [-0.05, 0) is 36.8 Å². The molecular weight excluding hydrogens is 342 g/mol. The molecule has 0 radical (unpaired) electrons. The molecule has 9 heteroatoms. The third-order valence-corrected chi connectivity index (χ3v) is 4.98. The Labute approximate surface area is 146 Å². The van der Waals surface area contributed by atoms with E-state index in [1.165, 1.54) is 24.3 Å². The van der Waals surface area contributed by atoms with Crippen molar-refractivity contribution in [2.24, 2.45) is 5.14 Å². The van der Waals surface area contributed by atoms with Gasteiger partial charge in [-0.3, -0.25) is 4.79 Å². The van der Waals surface area contributed by atoms with Crippen LogP contribution in [0.15, 0.2) is 47.6 Å². The lowest BCUT2D eigenvalue weighted by molar-refractivity contribution is 0.0767. The van der Waals surface area contributed by atoms with Crippen LogP contribution < -0.4 is 10.0 Å². The number of hydrogen-bond acceptors (Lipinski definition) is 6. The number of rotatable bonds is 3. The molecule has 2 N–H and O–H groups in total. The van der Waals surface area contributed by atoms with Crippen LogP contribution in [0.5, 0.6) is 0 Å². The molecule has 25 heavy (non-hydrogen) atoms. The molecule has 2 aromatic rings. The molecule has 132 valence electrons. The van der Waals surface area contributed by atoms with E-state index in [2.05, 4.69) is 14.9 Å². The molecule has 0 bridgehead atoms. The number of hydrogen-bond donors (Lipinski definition) is 1. The standard InChI is InChI=1S/C16H19N5O3S/c17-25(23,24)14-5-3-13(4-6-14)15(22)20-9-2-10-21(12-11-20)16-18-7-1-8-19-16/h1,3-8H,2,9-12H2,(H2,17,23,24). The highest BCUT2D eigenvalue weighted by atomic mass is 32.2. The summed E-state index contributed by atoms with van der Waals surface area (Å²) in [6, 6.07) is 7.45. The van der Waals surface area contributed by atoms with E-state index in [0.29, 0.717) is 31.1 Å². The van der Waals surface area contributed by atoms with Crippen molar-refractivity contribution in [3.8, 4) is 0 Å². The summed E-state index contributed by atoms with van der Waals surface area (Å²) in [4.78, 5) is 25.0. The summed E-state index contributed by atoms with van der Waals surface area (Å²) < 4.78 is 22.6. The Kier molecular flexibility index (Phi) is 4.95. The van der Waals surface area contributed by atoms with Gasteiger partial charge in [0.1, 0.15) is 0 Å². The molecule has 8 nitrogen and oxygen atoms in total. The maximum atomic E-state index is 12.7. The average molecular weight is 361 g/mol. The van der Waals surface area contributed by atoms with Crippen LogP contribution in [0.2, 0.25) is 0 Å². The van der Waals surface area contributed by atoms with Crippen LogP contribution in [-0.4, -0.2) is 55.4 Å². The predicted molar refractivity (Wildman–Crippen MR) is 92.6 cm³/mol. The van der Waals surface area contributed by atoms with Crippen molar-refractivity contribution >= 4 is 21.9 Å². The van der Waals surface area contributed by atoms with Gasteiger partial charge < -0.3 is 9.80 Å². The molecular formula is C16H19N5O3S. The van der Waals surface area contributed by atoms with Gasteiger partial charge in [0.2, 0.25) is 16.0 Å². The van der Waals surface area contributed by atoms with Crippen molar-refractivity contribution in [2.45, 2.75) is 11.3 Å². The number of benzene rings is 1. The summed E-state index contributed by atoms with van der Waals surface area (Å²) in [6.45, 7) is 2.59. The lowest BCUT2D eigenvalue weighted by Gasteiger charge is -2.22.